The molecular formula is C25H33N3O3. The third-order valence-electron chi connectivity index (χ3n) is 6.37. The van der Waals surface area contributed by atoms with Crippen LogP contribution in [0, 0.1) is 17.8 Å². The summed E-state index contributed by atoms with van der Waals surface area (Å²) in [5, 5.41) is 7.00. The van der Waals surface area contributed by atoms with E-state index in [4.69, 9.17) is 4.74 Å². The summed E-state index contributed by atoms with van der Waals surface area (Å²) in [7, 11) is 1.99. The Morgan fingerprint density at radius 3 is 2.65 bits per heavy atom. The number of fused-ring (bicyclic) bond motifs is 3. The largest absolute Gasteiger partial charge is 0.444 e. The molecule has 2 N–H and O–H groups in total. The maximum atomic E-state index is 13.1. The molecule has 0 unspecified atom stereocenters. The van der Waals surface area contributed by atoms with Gasteiger partial charge in [0.2, 0.25) is 5.91 Å². The normalized spacial score (nSPS) is 23.2. The van der Waals surface area contributed by atoms with E-state index in [2.05, 4.69) is 39.5 Å². The summed E-state index contributed by atoms with van der Waals surface area (Å²) >= 11 is 0. The number of hydrogen-bond donors (Lipinski definition) is 2. The Kier molecular flexibility index (Phi) is 5.82. The Bertz CT molecular complexity index is 1000. The van der Waals surface area contributed by atoms with Gasteiger partial charge in [-0.25, -0.2) is 4.79 Å². The zero-order valence-corrected chi connectivity index (χ0v) is 18.9. The third kappa shape index (κ3) is 4.94. The Hall–Kier alpha value is -2.76. The van der Waals surface area contributed by atoms with E-state index in [0.29, 0.717) is 30.7 Å². The van der Waals surface area contributed by atoms with Gasteiger partial charge in [0.25, 0.3) is 0 Å². The van der Waals surface area contributed by atoms with Gasteiger partial charge in [-0.1, -0.05) is 30.4 Å². The van der Waals surface area contributed by atoms with Crippen LogP contribution in [0.25, 0.3) is 10.9 Å². The smallest absolute Gasteiger partial charge is 0.408 e. The Morgan fingerprint density at radius 2 is 1.97 bits per heavy atom. The molecule has 4 rings (SSSR count). The number of carbonyl (C=O) groups is 2. The van der Waals surface area contributed by atoms with Crippen molar-refractivity contribution in [1.29, 1.82) is 0 Å². The number of allylic oxidation sites excluding steroid dienone is 2. The highest BCUT2D eigenvalue weighted by Crippen LogP contribution is 2.42. The number of rotatable bonds is 6. The molecule has 31 heavy (non-hydrogen) atoms. The van der Waals surface area contributed by atoms with Gasteiger partial charge in [-0.05, 0) is 63.0 Å². The van der Waals surface area contributed by atoms with E-state index in [0.717, 1.165) is 22.9 Å². The van der Waals surface area contributed by atoms with Crippen molar-refractivity contribution >= 4 is 22.9 Å². The van der Waals surface area contributed by atoms with Crippen molar-refractivity contribution < 1.29 is 14.3 Å². The van der Waals surface area contributed by atoms with Crippen LogP contribution in [0.2, 0.25) is 0 Å². The Labute approximate surface area is 184 Å². The minimum Gasteiger partial charge on any atom is -0.444 e. The van der Waals surface area contributed by atoms with E-state index in [1.807, 2.05) is 46.1 Å². The lowest BCUT2D eigenvalue weighted by Crippen LogP contribution is -2.50. The molecule has 1 heterocycles. The average molecular weight is 424 g/mol. The van der Waals surface area contributed by atoms with E-state index in [9.17, 15) is 9.59 Å². The van der Waals surface area contributed by atoms with Gasteiger partial charge in [-0.15, -0.1) is 0 Å². The molecule has 2 aromatic rings. The fourth-order valence-corrected chi connectivity index (χ4v) is 4.95. The highest BCUT2D eigenvalue weighted by Gasteiger charge is 2.36. The molecular weight excluding hydrogens is 390 g/mol. The van der Waals surface area contributed by atoms with E-state index >= 15 is 0 Å². The molecule has 0 spiro atoms. The average Bonchev–Trinajstić information content (AvgIpc) is 3.40. The first-order valence-corrected chi connectivity index (χ1v) is 11.2. The standard InChI is InChI=1S/C25H33N3O3/c1-25(2,3)31-24(30)27-21(13-19-15-28(4)22-8-6-5-7-20(19)22)23(29)26-14-18-12-16-9-10-17(18)11-16/h5-10,15-18,21H,11-14H2,1-4H3,(H,26,29)(H,27,30)/t16-,17-,18-,21+/m0/s1. The van der Waals surface area contributed by atoms with Crippen LogP contribution in [0.4, 0.5) is 4.79 Å². The molecule has 2 aliphatic carbocycles. The second-order valence-corrected chi connectivity index (χ2v) is 9.97. The number of hydrogen-bond acceptors (Lipinski definition) is 3. The number of benzene rings is 1. The molecule has 2 aliphatic rings. The number of alkyl carbamates (subject to hydrolysis) is 1. The van der Waals surface area contributed by atoms with E-state index in [1.54, 1.807) is 0 Å². The zero-order valence-electron chi connectivity index (χ0n) is 18.9. The Morgan fingerprint density at radius 1 is 1.19 bits per heavy atom. The molecule has 1 fully saturated rings. The predicted molar refractivity (Wildman–Crippen MR) is 122 cm³/mol. The second kappa shape index (κ2) is 8.40. The van der Waals surface area contributed by atoms with Crippen LogP contribution < -0.4 is 10.6 Å². The first-order valence-electron chi connectivity index (χ1n) is 11.2. The van der Waals surface area contributed by atoms with Crippen molar-refractivity contribution in [2.24, 2.45) is 24.8 Å². The number of carbonyl (C=O) groups excluding carboxylic acids is 2. The van der Waals surface area contributed by atoms with Gasteiger partial charge in [-0.3, -0.25) is 4.79 Å². The summed E-state index contributed by atoms with van der Waals surface area (Å²) in [4.78, 5) is 25.6. The first-order chi connectivity index (χ1) is 14.7. The second-order valence-electron chi connectivity index (χ2n) is 9.97. The summed E-state index contributed by atoms with van der Waals surface area (Å²) in [6.07, 6.45) is 8.79. The van der Waals surface area contributed by atoms with Gasteiger partial charge >= 0.3 is 6.09 Å². The number of nitrogens with zero attached hydrogens (tertiary/aromatic N) is 1. The molecule has 166 valence electrons. The van der Waals surface area contributed by atoms with Crippen LogP contribution in [0.1, 0.15) is 39.2 Å². The van der Waals surface area contributed by atoms with Crippen molar-refractivity contribution in [3.8, 4) is 0 Å². The molecule has 2 bridgehead atoms. The Balaban J connectivity index is 1.48. The van der Waals surface area contributed by atoms with Crippen LogP contribution in [-0.2, 0) is 23.0 Å². The van der Waals surface area contributed by atoms with Gasteiger partial charge in [0.1, 0.15) is 11.6 Å². The van der Waals surface area contributed by atoms with Crippen molar-refractivity contribution in [3.63, 3.8) is 0 Å². The lowest BCUT2D eigenvalue weighted by molar-refractivity contribution is -0.123. The van der Waals surface area contributed by atoms with Gasteiger partial charge < -0.3 is 19.9 Å². The van der Waals surface area contributed by atoms with Gasteiger partial charge in [-0.2, -0.15) is 0 Å². The molecule has 0 radical (unpaired) electrons. The highest BCUT2D eigenvalue weighted by molar-refractivity contribution is 5.88. The number of amides is 2. The summed E-state index contributed by atoms with van der Waals surface area (Å²) in [5.41, 5.74) is 1.50. The fraction of sp³-hybridized carbons (Fsp3) is 0.520. The zero-order chi connectivity index (χ0) is 22.2. The third-order valence-corrected chi connectivity index (χ3v) is 6.37. The lowest BCUT2D eigenvalue weighted by atomic mass is 9.93. The topological polar surface area (TPSA) is 72.4 Å². The minimum absolute atomic E-state index is 0.162. The van der Waals surface area contributed by atoms with E-state index in [1.165, 1.54) is 6.42 Å². The number of para-hydroxylation sites is 1. The molecule has 2 amide bonds. The number of nitrogens with one attached hydrogen (secondary N) is 2. The van der Waals surface area contributed by atoms with Crippen LogP contribution >= 0.6 is 0 Å². The van der Waals surface area contributed by atoms with Gasteiger partial charge in [0.05, 0.1) is 0 Å². The minimum atomic E-state index is -0.699. The summed E-state index contributed by atoms with van der Waals surface area (Å²) in [6.45, 7) is 6.09. The van der Waals surface area contributed by atoms with Crippen molar-refractivity contribution in [1.82, 2.24) is 15.2 Å². The molecule has 1 aromatic heterocycles. The number of ether oxygens (including phenoxy) is 1. The molecule has 1 aromatic carbocycles. The van der Waals surface area contributed by atoms with Gasteiger partial charge in [0.15, 0.2) is 0 Å². The van der Waals surface area contributed by atoms with Crippen LogP contribution in [0.5, 0.6) is 0 Å². The summed E-state index contributed by atoms with van der Waals surface area (Å²) in [6, 6.07) is 7.39. The molecule has 1 saturated carbocycles. The monoisotopic (exact) mass is 423 g/mol. The number of aryl methyl sites for hydroxylation is 1. The van der Waals surface area contributed by atoms with Crippen LogP contribution in [0.15, 0.2) is 42.6 Å². The molecule has 0 saturated heterocycles. The molecule has 0 aliphatic heterocycles. The van der Waals surface area contributed by atoms with Crippen molar-refractivity contribution in [2.45, 2.75) is 51.7 Å². The maximum Gasteiger partial charge on any atom is 0.408 e. The quantitative estimate of drug-likeness (QED) is 0.691. The predicted octanol–water partition coefficient (Wildman–Crippen LogP) is 3.94. The van der Waals surface area contributed by atoms with Crippen molar-refractivity contribution in [3.05, 3.63) is 48.2 Å². The fourth-order valence-electron chi connectivity index (χ4n) is 4.95. The molecule has 6 heteroatoms. The lowest BCUT2D eigenvalue weighted by Gasteiger charge is -2.24. The van der Waals surface area contributed by atoms with Gasteiger partial charge in [0, 0.05) is 37.1 Å². The van der Waals surface area contributed by atoms with Crippen LogP contribution in [0.3, 0.4) is 0 Å². The van der Waals surface area contributed by atoms with E-state index < -0.39 is 17.7 Å². The summed E-state index contributed by atoms with van der Waals surface area (Å²) in [5.74, 6) is 1.56. The van der Waals surface area contributed by atoms with E-state index in [-0.39, 0.29) is 5.91 Å². The van der Waals surface area contributed by atoms with Crippen molar-refractivity contribution in [2.75, 3.05) is 6.54 Å². The SMILES string of the molecule is Cn1cc(C[C@@H](NC(=O)OC(C)(C)C)C(=O)NC[C@@H]2C[C@H]3C=C[C@H]2C3)c2ccccc21. The highest BCUT2D eigenvalue weighted by atomic mass is 16.6. The maximum absolute atomic E-state index is 13.1. The first kappa shape index (κ1) is 21.5. The number of aromatic nitrogens is 1. The summed E-state index contributed by atoms with van der Waals surface area (Å²) < 4.78 is 7.47. The van der Waals surface area contributed by atoms with Crippen LogP contribution in [-0.4, -0.2) is 34.8 Å². The molecule has 4 atom stereocenters. The molecule has 6 nitrogen and oxygen atoms in total.